The second-order valence-electron chi connectivity index (χ2n) is 4.35. The van der Waals surface area contributed by atoms with E-state index in [1.165, 1.54) is 5.56 Å². The number of anilines is 1. The number of nitrogens with zero attached hydrogens (tertiary/aromatic N) is 3. The van der Waals surface area contributed by atoms with Crippen molar-refractivity contribution in [2.24, 2.45) is 0 Å². The van der Waals surface area contributed by atoms with E-state index in [-0.39, 0.29) is 6.61 Å². The van der Waals surface area contributed by atoms with Gasteiger partial charge in [0.05, 0.1) is 16.8 Å². The highest BCUT2D eigenvalue weighted by molar-refractivity contribution is 7.18. The van der Waals surface area contributed by atoms with Crippen LogP contribution in [0.4, 0.5) is 5.82 Å². The van der Waals surface area contributed by atoms with E-state index < -0.39 is 0 Å². The summed E-state index contributed by atoms with van der Waals surface area (Å²) in [5.74, 6) is 0.910. The lowest BCUT2D eigenvalue weighted by molar-refractivity contribution is 0.195. The zero-order valence-corrected chi connectivity index (χ0v) is 12.1. The van der Waals surface area contributed by atoms with Crippen molar-refractivity contribution in [2.75, 3.05) is 38.3 Å². The normalized spacial score (nSPS) is 11.1. The van der Waals surface area contributed by atoms with Crippen LogP contribution >= 0.6 is 11.3 Å². The maximum atomic E-state index is 9.22. The number of thiophene rings is 1. The molecule has 0 saturated heterocycles. The molecule has 0 aliphatic carbocycles. The number of rotatable bonds is 7. The fraction of sp³-hybridized carbons (Fsp3) is 0.538. The van der Waals surface area contributed by atoms with Gasteiger partial charge in [-0.2, -0.15) is 0 Å². The topological polar surface area (TPSA) is 58.5 Å². The minimum absolute atomic E-state index is 0.114. The Balaban J connectivity index is 2.27. The van der Waals surface area contributed by atoms with Gasteiger partial charge < -0.3 is 14.7 Å². The summed E-state index contributed by atoms with van der Waals surface area (Å²) < 4.78 is 6.17. The molecule has 0 amide bonds. The number of aliphatic hydroxyl groups excluding tert-OH is 1. The molecule has 2 rings (SSSR count). The van der Waals surface area contributed by atoms with Crippen molar-refractivity contribution >= 4 is 27.4 Å². The van der Waals surface area contributed by atoms with Crippen molar-refractivity contribution in [3.63, 3.8) is 0 Å². The lowest BCUT2D eigenvalue weighted by Crippen LogP contribution is -2.29. The highest BCUT2D eigenvalue weighted by Gasteiger charge is 2.14. The van der Waals surface area contributed by atoms with E-state index in [2.05, 4.69) is 27.2 Å². The average Bonchev–Trinajstić information content (AvgIpc) is 2.80. The van der Waals surface area contributed by atoms with Gasteiger partial charge in [0.1, 0.15) is 12.1 Å². The van der Waals surface area contributed by atoms with Crippen LogP contribution in [0.15, 0.2) is 11.7 Å². The standard InChI is InChI=1S/C13H19N3O2S/c1-10-8-19-12-11(10)14-9-15-13(12)16(5-6-17)4-3-7-18-2/h8-9,17H,3-7H2,1-2H3. The van der Waals surface area contributed by atoms with Crippen molar-refractivity contribution in [3.05, 3.63) is 17.3 Å². The quantitative estimate of drug-likeness (QED) is 0.785. The summed E-state index contributed by atoms with van der Waals surface area (Å²) >= 11 is 1.65. The Morgan fingerprint density at radius 1 is 1.37 bits per heavy atom. The fourth-order valence-electron chi connectivity index (χ4n) is 2.03. The van der Waals surface area contributed by atoms with E-state index in [4.69, 9.17) is 4.74 Å². The highest BCUT2D eigenvalue weighted by Crippen LogP contribution is 2.30. The first-order chi connectivity index (χ1) is 9.27. The van der Waals surface area contributed by atoms with Gasteiger partial charge in [-0.1, -0.05) is 0 Å². The molecule has 1 N–H and O–H groups in total. The Hall–Kier alpha value is -1.24. The van der Waals surface area contributed by atoms with Gasteiger partial charge in [0.15, 0.2) is 0 Å². The number of aromatic nitrogens is 2. The van der Waals surface area contributed by atoms with Gasteiger partial charge in [-0.3, -0.25) is 0 Å². The van der Waals surface area contributed by atoms with E-state index in [1.807, 2.05) is 0 Å². The van der Waals surface area contributed by atoms with Crippen molar-refractivity contribution in [1.29, 1.82) is 0 Å². The molecule has 19 heavy (non-hydrogen) atoms. The van der Waals surface area contributed by atoms with E-state index in [0.29, 0.717) is 13.2 Å². The molecule has 0 aromatic carbocycles. The molecule has 5 nitrogen and oxygen atoms in total. The highest BCUT2D eigenvalue weighted by atomic mass is 32.1. The predicted molar refractivity (Wildman–Crippen MR) is 77.9 cm³/mol. The lowest BCUT2D eigenvalue weighted by atomic mass is 10.3. The number of hydrogen-bond donors (Lipinski definition) is 1. The zero-order valence-electron chi connectivity index (χ0n) is 11.3. The summed E-state index contributed by atoms with van der Waals surface area (Å²) in [6.45, 7) is 4.27. The average molecular weight is 281 g/mol. The molecule has 0 unspecified atom stereocenters. The first kappa shape index (κ1) is 14.2. The molecule has 104 valence electrons. The van der Waals surface area contributed by atoms with Crippen LogP contribution in [0, 0.1) is 6.92 Å². The van der Waals surface area contributed by atoms with Gasteiger partial charge in [-0.05, 0) is 24.3 Å². The van der Waals surface area contributed by atoms with Gasteiger partial charge in [0, 0.05) is 26.8 Å². The van der Waals surface area contributed by atoms with Crippen LogP contribution in [-0.2, 0) is 4.74 Å². The third kappa shape index (κ3) is 3.20. The summed E-state index contributed by atoms with van der Waals surface area (Å²) in [4.78, 5) is 10.8. The van der Waals surface area contributed by atoms with Gasteiger partial charge in [0.25, 0.3) is 0 Å². The Morgan fingerprint density at radius 3 is 2.95 bits per heavy atom. The lowest BCUT2D eigenvalue weighted by Gasteiger charge is -2.22. The number of fused-ring (bicyclic) bond motifs is 1. The molecule has 2 heterocycles. The predicted octanol–water partition coefficient (Wildman–Crippen LogP) is 1.83. The largest absolute Gasteiger partial charge is 0.395 e. The Kier molecular flexibility index (Phi) is 5.07. The number of aliphatic hydroxyl groups is 1. The van der Waals surface area contributed by atoms with E-state index >= 15 is 0 Å². The van der Waals surface area contributed by atoms with Crippen molar-refractivity contribution < 1.29 is 9.84 Å². The molecule has 0 atom stereocenters. The molecule has 0 bridgehead atoms. The van der Waals surface area contributed by atoms with Gasteiger partial charge >= 0.3 is 0 Å². The molecule has 0 aliphatic heterocycles. The maximum absolute atomic E-state index is 9.22. The number of aryl methyl sites for hydroxylation is 1. The first-order valence-corrected chi connectivity index (χ1v) is 7.19. The van der Waals surface area contributed by atoms with E-state index in [0.717, 1.165) is 29.0 Å². The second kappa shape index (κ2) is 6.79. The SMILES string of the molecule is COCCCN(CCO)c1ncnc2c(C)csc12. The maximum Gasteiger partial charge on any atom is 0.150 e. The molecule has 0 fully saturated rings. The molecular formula is C13H19N3O2S. The molecule has 0 radical (unpaired) electrons. The van der Waals surface area contributed by atoms with Gasteiger partial charge in [-0.25, -0.2) is 9.97 Å². The second-order valence-corrected chi connectivity index (χ2v) is 5.23. The summed E-state index contributed by atoms with van der Waals surface area (Å²) in [6.07, 6.45) is 2.50. The van der Waals surface area contributed by atoms with Crippen LogP contribution in [-0.4, -0.2) is 48.5 Å². The Morgan fingerprint density at radius 2 is 2.21 bits per heavy atom. The van der Waals surface area contributed by atoms with Crippen LogP contribution < -0.4 is 4.90 Å². The molecular weight excluding hydrogens is 262 g/mol. The molecule has 2 aromatic heterocycles. The van der Waals surface area contributed by atoms with Crippen molar-refractivity contribution in [3.8, 4) is 0 Å². The molecule has 2 aromatic rings. The number of hydrogen-bond acceptors (Lipinski definition) is 6. The molecule has 0 aliphatic rings. The Labute approximate surface area is 116 Å². The summed E-state index contributed by atoms with van der Waals surface area (Å²) in [7, 11) is 1.70. The van der Waals surface area contributed by atoms with Gasteiger partial charge in [0.2, 0.25) is 0 Å². The van der Waals surface area contributed by atoms with E-state index in [9.17, 15) is 5.11 Å². The Bertz CT molecular complexity index is 530. The molecule has 6 heteroatoms. The molecule has 0 spiro atoms. The minimum Gasteiger partial charge on any atom is -0.395 e. The minimum atomic E-state index is 0.114. The summed E-state index contributed by atoms with van der Waals surface area (Å²) in [6, 6.07) is 0. The van der Waals surface area contributed by atoms with Crippen LogP contribution in [0.25, 0.3) is 10.2 Å². The van der Waals surface area contributed by atoms with Crippen LogP contribution in [0.3, 0.4) is 0 Å². The summed E-state index contributed by atoms with van der Waals surface area (Å²) in [5.41, 5.74) is 2.18. The van der Waals surface area contributed by atoms with Crippen molar-refractivity contribution in [2.45, 2.75) is 13.3 Å². The number of ether oxygens (including phenoxy) is 1. The van der Waals surface area contributed by atoms with Crippen LogP contribution in [0.2, 0.25) is 0 Å². The van der Waals surface area contributed by atoms with E-state index in [1.54, 1.807) is 24.8 Å². The van der Waals surface area contributed by atoms with Crippen LogP contribution in [0.5, 0.6) is 0 Å². The summed E-state index contributed by atoms with van der Waals surface area (Å²) in [5, 5.41) is 11.3. The first-order valence-electron chi connectivity index (χ1n) is 6.31. The third-order valence-electron chi connectivity index (χ3n) is 2.96. The smallest absolute Gasteiger partial charge is 0.150 e. The monoisotopic (exact) mass is 281 g/mol. The number of methoxy groups -OCH3 is 1. The van der Waals surface area contributed by atoms with Gasteiger partial charge in [-0.15, -0.1) is 11.3 Å². The van der Waals surface area contributed by atoms with Crippen molar-refractivity contribution in [1.82, 2.24) is 9.97 Å². The van der Waals surface area contributed by atoms with Crippen LogP contribution in [0.1, 0.15) is 12.0 Å². The third-order valence-corrected chi connectivity index (χ3v) is 4.04. The molecule has 0 saturated carbocycles. The zero-order chi connectivity index (χ0) is 13.7. The fourth-order valence-corrected chi connectivity index (χ4v) is 3.05.